The molecule has 0 bridgehead atoms. The van der Waals surface area contributed by atoms with E-state index in [4.69, 9.17) is 5.11 Å². The van der Waals surface area contributed by atoms with Crippen LogP contribution in [0, 0.1) is 5.82 Å². The highest BCUT2D eigenvalue weighted by Crippen LogP contribution is 2.35. The van der Waals surface area contributed by atoms with Gasteiger partial charge in [-0.3, -0.25) is 0 Å². The van der Waals surface area contributed by atoms with Crippen LogP contribution in [0.4, 0.5) is 17.6 Å². The second-order valence-corrected chi connectivity index (χ2v) is 4.48. The van der Waals surface area contributed by atoms with Crippen molar-refractivity contribution in [2.45, 2.75) is 6.18 Å². The molecular weight excluding hydrogens is 300 g/mol. The molecule has 114 valence electrons. The Balaban J connectivity index is 2.55. The number of carboxylic acid groups (broad SMARTS) is 1. The van der Waals surface area contributed by atoms with Gasteiger partial charge in [0.15, 0.2) is 0 Å². The average Bonchev–Trinajstić information content (AvgIpc) is 2.44. The molecule has 0 spiro atoms. The van der Waals surface area contributed by atoms with Crippen LogP contribution in [-0.2, 0) is 11.0 Å². The molecule has 6 heteroatoms. The summed E-state index contributed by atoms with van der Waals surface area (Å²) < 4.78 is 52.5. The Morgan fingerprint density at radius 1 is 1.05 bits per heavy atom. The summed E-state index contributed by atoms with van der Waals surface area (Å²) >= 11 is 0. The van der Waals surface area contributed by atoms with E-state index < -0.39 is 23.5 Å². The second kappa shape index (κ2) is 6.01. The van der Waals surface area contributed by atoms with E-state index in [9.17, 15) is 22.4 Å². The lowest BCUT2D eigenvalue weighted by atomic mass is 9.98. The Labute approximate surface area is 123 Å². The van der Waals surface area contributed by atoms with Crippen LogP contribution in [0.5, 0.6) is 0 Å². The van der Waals surface area contributed by atoms with Crippen molar-refractivity contribution in [2.75, 3.05) is 0 Å². The minimum Gasteiger partial charge on any atom is -0.478 e. The molecule has 0 amide bonds. The zero-order chi connectivity index (χ0) is 16.3. The molecule has 2 aromatic rings. The van der Waals surface area contributed by atoms with E-state index in [0.717, 1.165) is 24.3 Å². The zero-order valence-electron chi connectivity index (χ0n) is 11.1. The van der Waals surface area contributed by atoms with E-state index in [-0.39, 0.29) is 11.1 Å². The van der Waals surface area contributed by atoms with E-state index in [1.54, 1.807) is 0 Å². The summed E-state index contributed by atoms with van der Waals surface area (Å²) in [5, 5.41) is 8.52. The average molecular weight is 310 g/mol. The summed E-state index contributed by atoms with van der Waals surface area (Å²) in [5.74, 6) is -1.90. The van der Waals surface area contributed by atoms with Crippen molar-refractivity contribution in [3.8, 4) is 11.1 Å². The third-order valence-electron chi connectivity index (χ3n) is 2.92. The van der Waals surface area contributed by atoms with Gasteiger partial charge in [-0.25, -0.2) is 9.18 Å². The first-order valence-corrected chi connectivity index (χ1v) is 6.15. The van der Waals surface area contributed by atoms with Crippen LogP contribution in [0.15, 0.2) is 48.5 Å². The lowest BCUT2D eigenvalue weighted by molar-refractivity contribution is -0.137. The van der Waals surface area contributed by atoms with Crippen LogP contribution < -0.4 is 0 Å². The summed E-state index contributed by atoms with van der Waals surface area (Å²) in [7, 11) is 0. The van der Waals surface area contributed by atoms with Crippen molar-refractivity contribution >= 4 is 12.0 Å². The maximum absolute atomic E-state index is 13.2. The number of benzene rings is 2. The highest BCUT2D eigenvalue weighted by atomic mass is 19.4. The van der Waals surface area contributed by atoms with Crippen molar-refractivity contribution in [1.29, 1.82) is 0 Å². The van der Waals surface area contributed by atoms with Gasteiger partial charge in [-0.2, -0.15) is 13.2 Å². The maximum atomic E-state index is 13.2. The van der Waals surface area contributed by atoms with Crippen molar-refractivity contribution in [1.82, 2.24) is 0 Å². The number of alkyl halides is 3. The quantitative estimate of drug-likeness (QED) is 0.664. The molecule has 0 saturated carbocycles. The van der Waals surface area contributed by atoms with Crippen LogP contribution in [-0.4, -0.2) is 11.1 Å². The zero-order valence-corrected chi connectivity index (χ0v) is 11.1. The molecule has 1 N–H and O–H groups in total. The lowest BCUT2D eigenvalue weighted by Gasteiger charge is -2.12. The predicted molar refractivity (Wildman–Crippen MR) is 73.5 cm³/mol. The van der Waals surface area contributed by atoms with Gasteiger partial charge in [0, 0.05) is 6.08 Å². The van der Waals surface area contributed by atoms with Crippen LogP contribution in [0.3, 0.4) is 0 Å². The van der Waals surface area contributed by atoms with Gasteiger partial charge in [0.2, 0.25) is 0 Å². The Kier molecular flexibility index (Phi) is 4.30. The number of carbonyl (C=O) groups is 1. The number of hydrogen-bond acceptors (Lipinski definition) is 1. The van der Waals surface area contributed by atoms with E-state index in [1.807, 2.05) is 0 Å². The molecule has 0 unspecified atom stereocenters. The molecule has 0 aliphatic rings. The Hall–Kier alpha value is -2.63. The lowest BCUT2D eigenvalue weighted by Crippen LogP contribution is -2.07. The predicted octanol–water partition coefficient (Wildman–Crippen LogP) is 4.61. The topological polar surface area (TPSA) is 37.3 Å². The van der Waals surface area contributed by atoms with Crippen LogP contribution in [0.1, 0.15) is 11.1 Å². The number of hydrogen-bond donors (Lipinski definition) is 1. The van der Waals surface area contributed by atoms with Crippen LogP contribution >= 0.6 is 0 Å². The smallest absolute Gasteiger partial charge is 0.417 e. The summed E-state index contributed by atoms with van der Waals surface area (Å²) in [6.45, 7) is 0. The van der Waals surface area contributed by atoms with Gasteiger partial charge in [0.05, 0.1) is 5.56 Å². The maximum Gasteiger partial charge on any atom is 0.417 e. The van der Waals surface area contributed by atoms with Gasteiger partial charge in [-0.1, -0.05) is 24.3 Å². The van der Waals surface area contributed by atoms with Crippen molar-refractivity contribution in [3.05, 3.63) is 65.5 Å². The molecule has 0 aliphatic carbocycles. The van der Waals surface area contributed by atoms with E-state index >= 15 is 0 Å². The second-order valence-electron chi connectivity index (χ2n) is 4.48. The summed E-state index contributed by atoms with van der Waals surface area (Å²) in [6, 6.07) is 8.62. The Morgan fingerprint density at radius 2 is 1.73 bits per heavy atom. The highest BCUT2D eigenvalue weighted by Gasteiger charge is 2.33. The minimum absolute atomic E-state index is 0.194. The van der Waals surface area contributed by atoms with Gasteiger partial charge < -0.3 is 5.11 Å². The first-order chi connectivity index (χ1) is 10.3. The van der Waals surface area contributed by atoms with Crippen molar-refractivity contribution < 1.29 is 27.5 Å². The molecule has 0 atom stereocenters. The van der Waals surface area contributed by atoms with Crippen LogP contribution in [0.2, 0.25) is 0 Å². The Morgan fingerprint density at radius 3 is 2.32 bits per heavy atom. The monoisotopic (exact) mass is 310 g/mol. The third-order valence-corrected chi connectivity index (χ3v) is 2.92. The molecule has 2 aromatic carbocycles. The first kappa shape index (κ1) is 15.8. The van der Waals surface area contributed by atoms with Crippen molar-refractivity contribution in [2.24, 2.45) is 0 Å². The fourth-order valence-electron chi connectivity index (χ4n) is 1.96. The molecule has 0 aliphatic heterocycles. The van der Waals surface area contributed by atoms with Crippen LogP contribution in [0.25, 0.3) is 17.2 Å². The van der Waals surface area contributed by atoms with Crippen molar-refractivity contribution in [3.63, 3.8) is 0 Å². The fourth-order valence-corrected chi connectivity index (χ4v) is 1.96. The van der Waals surface area contributed by atoms with Gasteiger partial charge in [-0.15, -0.1) is 0 Å². The molecule has 0 saturated heterocycles. The summed E-state index contributed by atoms with van der Waals surface area (Å²) in [6.07, 6.45) is -3.14. The molecular formula is C16H10F4O2. The highest BCUT2D eigenvalue weighted by molar-refractivity contribution is 5.86. The van der Waals surface area contributed by atoms with E-state index in [1.165, 1.54) is 24.3 Å². The summed E-state index contributed by atoms with van der Waals surface area (Å²) in [4.78, 5) is 10.4. The molecule has 0 fully saturated rings. The Bertz CT molecular complexity index is 733. The van der Waals surface area contributed by atoms with E-state index in [0.29, 0.717) is 11.6 Å². The minimum atomic E-state index is -4.65. The number of aliphatic carboxylic acids is 1. The molecule has 2 rings (SSSR count). The van der Waals surface area contributed by atoms with E-state index in [2.05, 4.69) is 0 Å². The molecule has 2 nitrogen and oxygen atoms in total. The number of halogens is 4. The number of carboxylic acids is 1. The summed E-state index contributed by atoms with van der Waals surface area (Å²) in [5.41, 5.74) is -0.750. The standard InChI is InChI=1S/C16H10F4O2/c17-13-3-1-2-11(8-13)12-5-4-10(6-7-15(21)22)14(9-12)16(18,19)20/h1-9H,(H,21,22)/b7-6+. The molecule has 0 heterocycles. The van der Waals surface area contributed by atoms with Gasteiger partial charge >= 0.3 is 12.1 Å². The molecule has 0 aromatic heterocycles. The van der Waals surface area contributed by atoms with Gasteiger partial charge in [0.1, 0.15) is 5.82 Å². The van der Waals surface area contributed by atoms with Gasteiger partial charge in [-0.05, 0) is 41.0 Å². The fraction of sp³-hybridized carbons (Fsp3) is 0.0625. The number of rotatable bonds is 3. The molecule has 0 radical (unpaired) electrons. The normalized spacial score (nSPS) is 11.8. The largest absolute Gasteiger partial charge is 0.478 e. The van der Waals surface area contributed by atoms with Gasteiger partial charge in [0.25, 0.3) is 0 Å². The third kappa shape index (κ3) is 3.72. The molecule has 22 heavy (non-hydrogen) atoms. The first-order valence-electron chi connectivity index (χ1n) is 6.15. The SMILES string of the molecule is O=C(O)/C=C/c1ccc(-c2cccc(F)c2)cc1C(F)(F)F.